The molecule has 0 saturated carbocycles. The molecule has 0 heterocycles. The van der Waals surface area contributed by atoms with Crippen molar-refractivity contribution in [2.24, 2.45) is 0 Å². The van der Waals surface area contributed by atoms with E-state index < -0.39 is 0 Å². The molecule has 1 aromatic rings. The lowest BCUT2D eigenvalue weighted by Gasteiger charge is -2.04. The van der Waals surface area contributed by atoms with Gasteiger partial charge in [0.2, 0.25) is 0 Å². The Labute approximate surface area is 77.6 Å². The van der Waals surface area contributed by atoms with Crippen molar-refractivity contribution in [2.75, 3.05) is 7.11 Å². The lowest BCUT2D eigenvalue weighted by atomic mass is 10.1. The molecule has 0 spiro atoms. The Balaban J connectivity index is 3.10. The van der Waals surface area contributed by atoms with Crippen LogP contribution in [0.25, 0.3) is 5.57 Å². The van der Waals surface area contributed by atoms with E-state index >= 15 is 0 Å². The summed E-state index contributed by atoms with van der Waals surface area (Å²) >= 11 is 5.91. The van der Waals surface area contributed by atoms with E-state index in [0.29, 0.717) is 10.8 Å². The van der Waals surface area contributed by atoms with Gasteiger partial charge < -0.3 is 4.74 Å². The van der Waals surface area contributed by atoms with Crippen molar-refractivity contribution < 1.29 is 4.74 Å². The minimum Gasteiger partial charge on any atom is -0.495 e. The van der Waals surface area contributed by atoms with E-state index in [2.05, 4.69) is 6.58 Å². The van der Waals surface area contributed by atoms with Gasteiger partial charge >= 0.3 is 0 Å². The standard InChI is InChI=1S/C10H11ClO/c1-7(2)8-4-5-10(12-3)9(11)6-8/h4-6H,1H2,2-3H3. The first-order valence-corrected chi connectivity index (χ1v) is 4.02. The largest absolute Gasteiger partial charge is 0.495 e. The first-order chi connectivity index (χ1) is 5.65. The molecule has 1 aromatic carbocycles. The number of methoxy groups -OCH3 is 1. The number of halogens is 1. The third-order valence-electron chi connectivity index (χ3n) is 1.64. The second kappa shape index (κ2) is 3.63. The highest BCUT2D eigenvalue weighted by molar-refractivity contribution is 6.32. The van der Waals surface area contributed by atoms with Gasteiger partial charge in [0.05, 0.1) is 12.1 Å². The lowest BCUT2D eigenvalue weighted by Crippen LogP contribution is -1.85. The quantitative estimate of drug-likeness (QED) is 0.682. The highest BCUT2D eigenvalue weighted by atomic mass is 35.5. The van der Waals surface area contributed by atoms with Crippen molar-refractivity contribution in [2.45, 2.75) is 6.92 Å². The van der Waals surface area contributed by atoms with Crippen molar-refractivity contribution in [1.82, 2.24) is 0 Å². The molecule has 0 aliphatic carbocycles. The van der Waals surface area contributed by atoms with Crippen LogP contribution in [0.15, 0.2) is 24.8 Å². The van der Waals surface area contributed by atoms with Gasteiger partial charge in [0, 0.05) is 0 Å². The molecule has 0 N–H and O–H groups in total. The number of ether oxygens (including phenoxy) is 1. The maximum absolute atomic E-state index is 5.91. The van der Waals surface area contributed by atoms with Crippen LogP contribution in [0.2, 0.25) is 5.02 Å². The molecular weight excluding hydrogens is 172 g/mol. The van der Waals surface area contributed by atoms with E-state index in [-0.39, 0.29) is 0 Å². The average Bonchev–Trinajstić information content (AvgIpc) is 2.04. The Kier molecular flexibility index (Phi) is 2.77. The molecule has 0 unspecified atom stereocenters. The van der Waals surface area contributed by atoms with Crippen molar-refractivity contribution in [3.8, 4) is 5.75 Å². The predicted molar refractivity (Wildman–Crippen MR) is 52.7 cm³/mol. The van der Waals surface area contributed by atoms with Crippen LogP contribution in [0.1, 0.15) is 12.5 Å². The van der Waals surface area contributed by atoms with Crippen LogP contribution < -0.4 is 4.74 Å². The van der Waals surface area contributed by atoms with Crippen molar-refractivity contribution >= 4 is 17.2 Å². The van der Waals surface area contributed by atoms with Gasteiger partial charge in [-0.05, 0) is 24.6 Å². The van der Waals surface area contributed by atoms with Gasteiger partial charge in [0.25, 0.3) is 0 Å². The van der Waals surface area contributed by atoms with Crippen LogP contribution in [-0.4, -0.2) is 7.11 Å². The lowest BCUT2D eigenvalue weighted by molar-refractivity contribution is 0.415. The fourth-order valence-electron chi connectivity index (χ4n) is 0.932. The molecular formula is C10H11ClO. The van der Waals surface area contributed by atoms with Crippen LogP contribution in [0.4, 0.5) is 0 Å². The first-order valence-electron chi connectivity index (χ1n) is 3.64. The molecule has 0 radical (unpaired) electrons. The molecule has 0 aliphatic rings. The number of rotatable bonds is 2. The van der Waals surface area contributed by atoms with Crippen molar-refractivity contribution in [3.05, 3.63) is 35.4 Å². The number of hydrogen-bond acceptors (Lipinski definition) is 1. The summed E-state index contributed by atoms with van der Waals surface area (Å²) in [6, 6.07) is 5.63. The summed E-state index contributed by atoms with van der Waals surface area (Å²) in [6.07, 6.45) is 0. The third-order valence-corrected chi connectivity index (χ3v) is 1.94. The van der Waals surface area contributed by atoms with E-state index in [1.807, 2.05) is 25.1 Å². The van der Waals surface area contributed by atoms with Gasteiger partial charge in [-0.25, -0.2) is 0 Å². The molecule has 0 aliphatic heterocycles. The molecule has 0 aromatic heterocycles. The molecule has 0 amide bonds. The van der Waals surface area contributed by atoms with Gasteiger partial charge in [-0.3, -0.25) is 0 Å². The number of benzene rings is 1. The summed E-state index contributed by atoms with van der Waals surface area (Å²) in [4.78, 5) is 0. The zero-order chi connectivity index (χ0) is 9.14. The maximum atomic E-state index is 5.91. The van der Waals surface area contributed by atoms with Crippen LogP contribution in [0, 0.1) is 0 Å². The Morgan fingerprint density at radius 2 is 2.17 bits per heavy atom. The molecule has 0 fully saturated rings. The Morgan fingerprint density at radius 1 is 1.50 bits per heavy atom. The van der Waals surface area contributed by atoms with Crippen molar-refractivity contribution in [3.63, 3.8) is 0 Å². The van der Waals surface area contributed by atoms with Gasteiger partial charge in [-0.1, -0.05) is 29.8 Å². The molecule has 0 saturated heterocycles. The van der Waals surface area contributed by atoms with Gasteiger partial charge in [-0.2, -0.15) is 0 Å². The topological polar surface area (TPSA) is 9.23 Å². The van der Waals surface area contributed by atoms with Crippen molar-refractivity contribution in [1.29, 1.82) is 0 Å². The second-order valence-electron chi connectivity index (χ2n) is 2.63. The highest BCUT2D eigenvalue weighted by Gasteiger charge is 2.01. The molecule has 0 bridgehead atoms. The monoisotopic (exact) mass is 182 g/mol. The van der Waals surface area contributed by atoms with Gasteiger partial charge in [-0.15, -0.1) is 0 Å². The summed E-state index contributed by atoms with van der Waals surface area (Å²) in [5.74, 6) is 0.696. The minimum atomic E-state index is 0.623. The molecule has 64 valence electrons. The summed E-state index contributed by atoms with van der Waals surface area (Å²) in [7, 11) is 1.60. The zero-order valence-electron chi connectivity index (χ0n) is 7.23. The number of allylic oxidation sites excluding steroid dienone is 1. The van der Waals surface area contributed by atoms with E-state index in [9.17, 15) is 0 Å². The molecule has 0 atom stereocenters. The Bertz CT molecular complexity index is 305. The SMILES string of the molecule is C=C(C)c1ccc(OC)c(Cl)c1. The third kappa shape index (κ3) is 1.80. The second-order valence-corrected chi connectivity index (χ2v) is 3.04. The predicted octanol–water partition coefficient (Wildman–Crippen LogP) is 3.38. The summed E-state index contributed by atoms with van der Waals surface area (Å²) in [6.45, 7) is 5.77. The fraction of sp³-hybridized carbons (Fsp3) is 0.200. The molecule has 1 nitrogen and oxygen atoms in total. The maximum Gasteiger partial charge on any atom is 0.137 e. The summed E-state index contributed by atoms with van der Waals surface area (Å²) in [5.41, 5.74) is 2.04. The molecule has 2 heteroatoms. The normalized spacial score (nSPS) is 9.58. The van der Waals surface area contributed by atoms with Crippen LogP contribution in [0.5, 0.6) is 5.75 Å². The Hall–Kier alpha value is -0.950. The van der Waals surface area contributed by atoms with E-state index in [4.69, 9.17) is 16.3 Å². The smallest absolute Gasteiger partial charge is 0.137 e. The first kappa shape index (κ1) is 9.14. The van der Waals surface area contributed by atoms with Crippen LogP contribution >= 0.6 is 11.6 Å². The molecule has 12 heavy (non-hydrogen) atoms. The summed E-state index contributed by atoms with van der Waals surface area (Å²) in [5, 5.41) is 0.623. The van der Waals surface area contributed by atoms with E-state index in [1.54, 1.807) is 7.11 Å². The summed E-state index contributed by atoms with van der Waals surface area (Å²) < 4.78 is 5.02. The Morgan fingerprint density at radius 3 is 2.58 bits per heavy atom. The van der Waals surface area contributed by atoms with E-state index in [1.165, 1.54) is 0 Å². The average molecular weight is 183 g/mol. The minimum absolute atomic E-state index is 0.623. The van der Waals surface area contributed by atoms with Crippen LogP contribution in [0.3, 0.4) is 0 Å². The van der Waals surface area contributed by atoms with Gasteiger partial charge in [0.15, 0.2) is 0 Å². The number of hydrogen-bond donors (Lipinski definition) is 0. The van der Waals surface area contributed by atoms with Gasteiger partial charge in [0.1, 0.15) is 5.75 Å². The molecule has 1 rings (SSSR count). The highest BCUT2D eigenvalue weighted by Crippen LogP contribution is 2.27. The zero-order valence-corrected chi connectivity index (χ0v) is 7.98. The van der Waals surface area contributed by atoms with Crippen LogP contribution in [-0.2, 0) is 0 Å². The van der Waals surface area contributed by atoms with E-state index in [0.717, 1.165) is 11.1 Å². The fourth-order valence-corrected chi connectivity index (χ4v) is 1.19.